The van der Waals surface area contributed by atoms with Crippen LogP contribution >= 0.6 is 0 Å². The Kier molecular flexibility index (Phi) is 5.61. The number of phenols is 1. The lowest BCUT2D eigenvalue weighted by Gasteiger charge is -2.12. The van der Waals surface area contributed by atoms with E-state index >= 15 is 0 Å². The monoisotopic (exact) mass is 382 g/mol. The molecular formula is C18H18N6O4. The summed E-state index contributed by atoms with van der Waals surface area (Å²) in [5.74, 6) is -1.12. The molecule has 0 radical (unpaired) electrons. The SMILES string of the molecule is Cc1nnnn1-c1cccc(NC(=O)C(=O)NC[C@H](O)c2ccc(O)cc2)c1. The fourth-order valence-electron chi connectivity index (χ4n) is 2.46. The maximum absolute atomic E-state index is 12.1. The first-order valence-electron chi connectivity index (χ1n) is 8.35. The highest BCUT2D eigenvalue weighted by atomic mass is 16.3. The van der Waals surface area contributed by atoms with Gasteiger partial charge >= 0.3 is 11.8 Å². The van der Waals surface area contributed by atoms with Crippen LogP contribution in [0.15, 0.2) is 48.5 Å². The quantitative estimate of drug-likeness (QED) is 0.470. The molecule has 1 heterocycles. The molecule has 4 N–H and O–H groups in total. The zero-order valence-electron chi connectivity index (χ0n) is 14.9. The molecule has 3 rings (SSSR count). The summed E-state index contributed by atoms with van der Waals surface area (Å²) in [4.78, 5) is 24.1. The number of anilines is 1. The Bertz CT molecular complexity index is 986. The van der Waals surface area contributed by atoms with Gasteiger partial charge in [-0.05, 0) is 53.2 Å². The molecule has 144 valence electrons. The number of benzene rings is 2. The number of tetrazole rings is 1. The molecule has 0 aliphatic carbocycles. The summed E-state index contributed by atoms with van der Waals surface area (Å²) in [6, 6.07) is 12.6. The molecular weight excluding hydrogens is 364 g/mol. The minimum absolute atomic E-state index is 0.0680. The van der Waals surface area contributed by atoms with Crippen LogP contribution in [0.4, 0.5) is 5.69 Å². The number of aromatic hydroxyl groups is 1. The molecule has 10 nitrogen and oxygen atoms in total. The standard InChI is InChI=1S/C18H18N6O4/c1-11-21-22-23-24(11)14-4-2-3-13(9-14)20-18(28)17(27)19-10-16(26)12-5-7-15(25)8-6-12/h2-9,16,25-26H,10H2,1H3,(H,19,27)(H,20,28)/t16-/m0/s1. The van der Waals surface area contributed by atoms with Gasteiger partial charge in [-0.15, -0.1) is 5.10 Å². The van der Waals surface area contributed by atoms with Crippen molar-refractivity contribution in [3.63, 3.8) is 0 Å². The molecule has 0 aliphatic heterocycles. The molecule has 1 aromatic heterocycles. The number of nitrogens with one attached hydrogen (secondary N) is 2. The van der Waals surface area contributed by atoms with E-state index in [1.807, 2.05) is 0 Å². The van der Waals surface area contributed by atoms with Crippen molar-refractivity contribution in [3.05, 3.63) is 59.9 Å². The van der Waals surface area contributed by atoms with E-state index in [2.05, 4.69) is 26.2 Å². The van der Waals surface area contributed by atoms with E-state index in [4.69, 9.17) is 0 Å². The van der Waals surface area contributed by atoms with Crippen LogP contribution in [-0.4, -0.2) is 48.8 Å². The zero-order chi connectivity index (χ0) is 20.1. The highest BCUT2D eigenvalue weighted by Gasteiger charge is 2.16. The number of aromatic nitrogens is 4. The van der Waals surface area contributed by atoms with Gasteiger partial charge in [0.25, 0.3) is 0 Å². The summed E-state index contributed by atoms with van der Waals surface area (Å²) in [5.41, 5.74) is 1.53. The summed E-state index contributed by atoms with van der Waals surface area (Å²) in [7, 11) is 0. The molecule has 1 atom stereocenters. The van der Waals surface area contributed by atoms with Crippen LogP contribution in [0.5, 0.6) is 5.75 Å². The third-order valence-electron chi connectivity index (χ3n) is 3.91. The Hall–Kier alpha value is -3.79. The summed E-state index contributed by atoms with van der Waals surface area (Å²) in [6.45, 7) is 1.58. The number of hydrogen-bond donors (Lipinski definition) is 4. The largest absolute Gasteiger partial charge is 0.508 e. The fourth-order valence-corrected chi connectivity index (χ4v) is 2.46. The second-order valence-corrected chi connectivity index (χ2v) is 5.96. The number of aryl methyl sites for hydroxylation is 1. The molecule has 2 aromatic carbocycles. The van der Waals surface area contributed by atoms with Gasteiger partial charge in [0.2, 0.25) is 0 Å². The van der Waals surface area contributed by atoms with Gasteiger partial charge < -0.3 is 20.8 Å². The van der Waals surface area contributed by atoms with Crippen molar-refractivity contribution in [3.8, 4) is 11.4 Å². The number of carbonyl (C=O) groups excluding carboxylic acids is 2. The third kappa shape index (κ3) is 4.48. The van der Waals surface area contributed by atoms with Crippen molar-refractivity contribution >= 4 is 17.5 Å². The van der Waals surface area contributed by atoms with Gasteiger partial charge in [0.05, 0.1) is 11.8 Å². The van der Waals surface area contributed by atoms with Crippen LogP contribution in [-0.2, 0) is 9.59 Å². The average Bonchev–Trinajstić information content (AvgIpc) is 3.12. The second-order valence-electron chi connectivity index (χ2n) is 5.96. The maximum atomic E-state index is 12.1. The first-order chi connectivity index (χ1) is 13.4. The number of aliphatic hydroxyl groups is 1. The number of phenolic OH excluding ortho intramolecular Hbond substituents is 1. The van der Waals surface area contributed by atoms with E-state index in [1.165, 1.54) is 28.9 Å². The van der Waals surface area contributed by atoms with Crippen LogP contribution in [0.3, 0.4) is 0 Å². The molecule has 3 aromatic rings. The molecule has 10 heteroatoms. The zero-order valence-corrected chi connectivity index (χ0v) is 14.9. The lowest BCUT2D eigenvalue weighted by atomic mass is 10.1. The number of amides is 2. The van der Waals surface area contributed by atoms with Gasteiger partial charge in [0.1, 0.15) is 5.75 Å². The first kappa shape index (κ1) is 19.0. The van der Waals surface area contributed by atoms with E-state index in [9.17, 15) is 19.8 Å². The van der Waals surface area contributed by atoms with Crippen molar-refractivity contribution in [2.45, 2.75) is 13.0 Å². The smallest absolute Gasteiger partial charge is 0.313 e. The van der Waals surface area contributed by atoms with E-state index in [-0.39, 0.29) is 12.3 Å². The number of aliphatic hydroxyl groups excluding tert-OH is 1. The maximum Gasteiger partial charge on any atom is 0.313 e. The fraction of sp³-hybridized carbons (Fsp3) is 0.167. The Morgan fingerprint density at radius 2 is 1.89 bits per heavy atom. The minimum atomic E-state index is -1.01. The van der Waals surface area contributed by atoms with E-state index in [1.54, 1.807) is 31.2 Å². The lowest BCUT2D eigenvalue weighted by Crippen LogP contribution is -2.37. The van der Waals surface area contributed by atoms with Crippen molar-refractivity contribution < 1.29 is 19.8 Å². The van der Waals surface area contributed by atoms with Crippen molar-refractivity contribution in [2.24, 2.45) is 0 Å². The number of carbonyl (C=O) groups is 2. The van der Waals surface area contributed by atoms with Gasteiger partial charge in [-0.25, -0.2) is 0 Å². The van der Waals surface area contributed by atoms with Gasteiger partial charge in [0, 0.05) is 12.2 Å². The topological polar surface area (TPSA) is 142 Å². The Balaban J connectivity index is 1.58. The predicted octanol–water partition coefficient (Wildman–Crippen LogP) is 0.465. The molecule has 0 saturated carbocycles. The van der Waals surface area contributed by atoms with Crippen molar-refractivity contribution in [2.75, 3.05) is 11.9 Å². The Morgan fingerprint density at radius 1 is 1.14 bits per heavy atom. The van der Waals surface area contributed by atoms with Crippen LogP contribution in [0.2, 0.25) is 0 Å². The van der Waals surface area contributed by atoms with E-state index in [0.717, 1.165) is 0 Å². The van der Waals surface area contributed by atoms with Gasteiger partial charge in [-0.1, -0.05) is 18.2 Å². The molecule has 0 aliphatic rings. The number of nitrogens with zero attached hydrogens (tertiary/aromatic N) is 4. The molecule has 0 fully saturated rings. The Labute approximate surface area is 159 Å². The molecule has 28 heavy (non-hydrogen) atoms. The van der Waals surface area contributed by atoms with Gasteiger partial charge in [0.15, 0.2) is 5.82 Å². The Morgan fingerprint density at radius 3 is 2.57 bits per heavy atom. The van der Waals surface area contributed by atoms with Gasteiger partial charge in [-0.2, -0.15) is 4.68 Å². The number of rotatable bonds is 5. The van der Waals surface area contributed by atoms with Crippen molar-refractivity contribution in [1.29, 1.82) is 0 Å². The molecule has 0 unspecified atom stereocenters. The average molecular weight is 382 g/mol. The molecule has 0 spiro atoms. The van der Waals surface area contributed by atoms with Crippen molar-refractivity contribution in [1.82, 2.24) is 25.5 Å². The van der Waals surface area contributed by atoms with E-state index < -0.39 is 17.9 Å². The minimum Gasteiger partial charge on any atom is -0.508 e. The first-order valence-corrected chi connectivity index (χ1v) is 8.35. The predicted molar refractivity (Wildman–Crippen MR) is 98.6 cm³/mol. The summed E-state index contributed by atoms with van der Waals surface area (Å²) in [6.07, 6.45) is -1.01. The van der Waals surface area contributed by atoms with Crippen LogP contribution in [0, 0.1) is 6.92 Å². The third-order valence-corrected chi connectivity index (χ3v) is 3.91. The van der Waals surface area contributed by atoms with Crippen LogP contribution in [0.1, 0.15) is 17.5 Å². The summed E-state index contributed by atoms with van der Waals surface area (Å²) in [5, 5.41) is 35.4. The van der Waals surface area contributed by atoms with E-state index in [0.29, 0.717) is 22.8 Å². The highest BCUT2D eigenvalue weighted by Crippen LogP contribution is 2.16. The molecule has 0 bridgehead atoms. The lowest BCUT2D eigenvalue weighted by molar-refractivity contribution is -0.136. The normalized spacial score (nSPS) is 11.6. The van der Waals surface area contributed by atoms with Crippen LogP contribution < -0.4 is 10.6 Å². The second kappa shape index (κ2) is 8.27. The number of hydrogen-bond acceptors (Lipinski definition) is 7. The summed E-state index contributed by atoms with van der Waals surface area (Å²) >= 11 is 0. The molecule has 0 saturated heterocycles. The molecule has 2 amide bonds. The highest BCUT2D eigenvalue weighted by molar-refractivity contribution is 6.39. The summed E-state index contributed by atoms with van der Waals surface area (Å²) < 4.78 is 1.49. The van der Waals surface area contributed by atoms with Crippen LogP contribution in [0.25, 0.3) is 5.69 Å². The van der Waals surface area contributed by atoms with Gasteiger partial charge in [-0.3, -0.25) is 9.59 Å².